The highest BCUT2D eigenvalue weighted by molar-refractivity contribution is 8.74. The third-order valence-corrected chi connectivity index (χ3v) is 3.09. The van der Waals surface area contributed by atoms with Gasteiger partial charge in [-0.25, -0.2) is 0 Å². The Morgan fingerprint density at radius 2 is 2.13 bits per heavy atom. The number of nitrogens with zero attached hydrogens (tertiary/aromatic N) is 1. The summed E-state index contributed by atoms with van der Waals surface area (Å²) in [5.41, 5.74) is 0. The molecule has 0 spiro atoms. The normalized spacial score (nSPS) is 10.7. The molecule has 0 aliphatic heterocycles. The van der Waals surface area contributed by atoms with E-state index >= 15 is 0 Å². The molecule has 0 saturated carbocycles. The zero-order valence-electron chi connectivity index (χ0n) is 9.82. The van der Waals surface area contributed by atoms with Crippen molar-refractivity contribution in [1.29, 1.82) is 0 Å². The van der Waals surface area contributed by atoms with Crippen LogP contribution in [-0.2, 0) is 0 Å². The summed E-state index contributed by atoms with van der Waals surface area (Å²) in [6, 6.07) is 0. The second-order valence-corrected chi connectivity index (χ2v) is 5.14. The molecule has 0 aromatic carbocycles. The van der Waals surface area contributed by atoms with Gasteiger partial charge in [-0.1, -0.05) is 13.8 Å². The first-order chi connectivity index (χ1) is 7.07. The van der Waals surface area contributed by atoms with E-state index in [0.717, 1.165) is 36.3 Å². The van der Waals surface area contributed by atoms with E-state index in [-0.39, 0.29) is 5.24 Å². The molecule has 0 rings (SSSR count). The van der Waals surface area contributed by atoms with Gasteiger partial charge in [0.25, 0.3) is 5.24 Å². The van der Waals surface area contributed by atoms with Crippen LogP contribution in [0.25, 0.3) is 0 Å². The van der Waals surface area contributed by atoms with Gasteiger partial charge in [-0.2, -0.15) is 0 Å². The summed E-state index contributed by atoms with van der Waals surface area (Å²) in [6.07, 6.45) is 2.46. The fourth-order valence-electron chi connectivity index (χ4n) is 1.17. The molecule has 0 saturated heterocycles. The van der Waals surface area contributed by atoms with Crippen LogP contribution in [0.5, 0.6) is 0 Å². The lowest BCUT2D eigenvalue weighted by Crippen LogP contribution is -2.31. The third kappa shape index (κ3) is 9.08. The molecule has 0 aliphatic carbocycles. The van der Waals surface area contributed by atoms with Crippen molar-refractivity contribution in [2.24, 2.45) is 5.92 Å². The number of hydrogen-bond acceptors (Lipinski definition) is 4. The number of hydrogen-bond donors (Lipinski definition) is 2. The van der Waals surface area contributed by atoms with E-state index in [1.165, 1.54) is 12.8 Å². The second-order valence-electron chi connectivity index (χ2n) is 4.06. The van der Waals surface area contributed by atoms with Crippen LogP contribution < -0.4 is 5.32 Å². The van der Waals surface area contributed by atoms with Crippen molar-refractivity contribution in [1.82, 2.24) is 10.2 Å². The lowest BCUT2D eigenvalue weighted by atomic mass is 10.1. The van der Waals surface area contributed by atoms with E-state index in [1.807, 2.05) is 0 Å². The van der Waals surface area contributed by atoms with Gasteiger partial charge in [-0.3, -0.25) is 4.79 Å². The number of likely N-dealkylation sites (N-methyl/N-ethyl adjacent to an activating group) is 1. The molecule has 1 N–H and O–H groups in total. The smallest absolute Gasteiger partial charge is 0.291 e. The van der Waals surface area contributed by atoms with Gasteiger partial charge < -0.3 is 10.2 Å². The molecule has 0 fully saturated rings. The average molecular weight is 250 g/mol. The number of nitrogens with one attached hydrogen (secondary N) is 1. The average Bonchev–Trinajstić information content (AvgIpc) is 2.21. The van der Waals surface area contributed by atoms with E-state index < -0.39 is 0 Å². The minimum absolute atomic E-state index is 0.00214. The Morgan fingerprint density at radius 3 is 2.67 bits per heavy atom. The van der Waals surface area contributed by atoms with Crippen molar-refractivity contribution >= 4 is 27.7 Å². The largest absolute Gasteiger partial charge is 0.335 e. The summed E-state index contributed by atoms with van der Waals surface area (Å²) in [5.74, 6) is 0.775. The Morgan fingerprint density at radius 1 is 1.47 bits per heavy atom. The summed E-state index contributed by atoms with van der Waals surface area (Å²) in [7, 11) is 2.75. The van der Waals surface area contributed by atoms with Crippen LogP contribution in [0.2, 0.25) is 0 Å². The highest BCUT2D eigenvalue weighted by atomic mass is 33.1. The van der Waals surface area contributed by atoms with Crippen LogP contribution in [0.4, 0.5) is 4.79 Å². The van der Waals surface area contributed by atoms with Gasteiger partial charge in [0.15, 0.2) is 0 Å². The van der Waals surface area contributed by atoms with Crippen LogP contribution in [0, 0.1) is 5.92 Å². The number of amides is 1. The van der Waals surface area contributed by atoms with Crippen LogP contribution >= 0.6 is 22.5 Å². The molecule has 3 nitrogen and oxygen atoms in total. The minimum atomic E-state index is 0.00214. The standard InChI is InChI=1S/C10H22N2OS2/c1-9(2)5-4-6-11-7-8-12(3)10(13)15-14/h9,11,14H,4-8H2,1-3H3. The van der Waals surface area contributed by atoms with Crippen molar-refractivity contribution in [2.45, 2.75) is 26.7 Å². The predicted molar refractivity (Wildman–Crippen MR) is 71.5 cm³/mol. The highest BCUT2D eigenvalue weighted by Crippen LogP contribution is 2.09. The molecular formula is C10H22N2OS2. The van der Waals surface area contributed by atoms with E-state index in [0.29, 0.717) is 0 Å². The lowest BCUT2D eigenvalue weighted by Gasteiger charge is -2.15. The summed E-state index contributed by atoms with van der Waals surface area (Å²) in [4.78, 5) is 12.8. The first kappa shape index (κ1) is 15.1. The zero-order valence-corrected chi connectivity index (χ0v) is 11.5. The first-order valence-electron chi connectivity index (χ1n) is 5.35. The predicted octanol–water partition coefficient (Wildman–Crippen LogP) is 2.64. The fraction of sp³-hybridized carbons (Fsp3) is 0.900. The molecule has 5 heteroatoms. The lowest BCUT2D eigenvalue weighted by molar-refractivity contribution is 0.233. The molecule has 1 amide bonds. The zero-order chi connectivity index (χ0) is 11.7. The van der Waals surface area contributed by atoms with Gasteiger partial charge in [0, 0.05) is 30.9 Å². The number of carbonyl (C=O) groups is 1. The molecule has 90 valence electrons. The van der Waals surface area contributed by atoms with Crippen LogP contribution in [0.3, 0.4) is 0 Å². The van der Waals surface area contributed by atoms with Crippen LogP contribution in [0.15, 0.2) is 0 Å². The summed E-state index contributed by atoms with van der Waals surface area (Å²) in [6.45, 7) is 7.10. The van der Waals surface area contributed by atoms with Crippen LogP contribution in [0.1, 0.15) is 26.7 Å². The van der Waals surface area contributed by atoms with Crippen molar-refractivity contribution in [3.8, 4) is 0 Å². The first-order valence-corrected chi connectivity index (χ1v) is 7.22. The summed E-state index contributed by atoms with van der Waals surface area (Å²) < 4.78 is 0. The Hall–Kier alpha value is 0.130. The van der Waals surface area contributed by atoms with E-state index in [1.54, 1.807) is 11.9 Å². The topological polar surface area (TPSA) is 32.3 Å². The SMILES string of the molecule is CC(C)CCCNCCN(C)C(=O)SS. The Kier molecular flexibility index (Phi) is 9.44. The minimum Gasteiger partial charge on any atom is -0.335 e. The Labute approximate surface area is 102 Å². The third-order valence-electron chi connectivity index (χ3n) is 2.15. The summed E-state index contributed by atoms with van der Waals surface area (Å²) >= 11 is 3.86. The molecule has 0 heterocycles. The second kappa shape index (κ2) is 9.36. The summed E-state index contributed by atoms with van der Waals surface area (Å²) in [5, 5.41) is 3.32. The van der Waals surface area contributed by atoms with E-state index in [4.69, 9.17) is 0 Å². The highest BCUT2D eigenvalue weighted by Gasteiger charge is 2.05. The van der Waals surface area contributed by atoms with Crippen molar-refractivity contribution in [3.05, 3.63) is 0 Å². The Bertz CT molecular complexity index is 177. The van der Waals surface area contributed by atoms with Gasteiger partial charge in [-0.05, 0) is 25.3 Å². The molecule has 0 aromatic rings. The number of thiol groups is 1. The molecule has 0 unspecified atom stereocenters. The molecule has 0 radical (unpaired) electrons. The van der Waals surface area contributed by atoms with Gasteiger partial charge in [0.2, 0.25) is 0 Å². The maximum atomic E-state index is 11.1. The molecule has 0 bridgehead atoms. The van der Waals surface area contributed by atoms with Crippen LogP contribution in [-0.4, -0.2) is 36.8 Å². The number of carbonyl (C=O) groups excluding carboxylic acids is 1. The molecule has 0 atom stereocenters. The number of rotatable bonds is 7. The molecule has 0 aliphatic rings. The van der Waals surface area contributed by atoms with Gasteiger partial charge in [0.05, 0.1) is 0 Å². The van der Waals surface area contributed by atoms with Gasteiger partial charge >= 0.3 is 0 Å². The maximum absolute atomic E-state index is 11.1. The van der Waals surface area contributed by atoms with Gasteiger partial charge in [-0.15, -0.1) is 11.7 Å². The molecular weight excluding hydrogens is 228 g/mol. The maximum Gasteiger partial charge on any atom is 0.291 e. The van der Waals surface area contributed by atoms with E-state index in [9.17, 15) is 4.79 Å². The molecule has 0 aromatic heterocycles. The monoisotopic (exact) mass is 250 g/mol. The Balaban J connectivity index is 3.27. The van der Waals surface area contributed by atoms with E-state index in [2.05, 4.69) is 30.8 Å². The van der Waals surface area contributed by atoms with Crippen molar-refractivity contribution < 1.29 is 4.79 Å². The van der Waals surface area contributed by atoms with Crippen molar-refractivity contribution in [2.75, 3.05) is 26.7 Å². The fourth-order valence-corrected chi connectivity index (χ4v) is 1.82. The van der Waals surface area contributed by atoms with Gasteiger partial charge in [0.1, 0.15) is 0 Å². The molecule has 15 heavy (non-hydrogen) atoms. The van der Waals surface area contributed by atoms with Crippen molar-refractivity contribution in [3.63, 3.8) is 0 Å². The quantitative estimate of drug-likeness (QED) is 0.414.